The summed E-state index contributed by atoms with van der Waals surface area (Å²) >= 11 is 0. The number of fused-ring (bicyclic) bond motifs is 1. The number of likely N-dealkylation sites (tertiary alicyclic amines) is 1. The summed E-state index contributed by atoms with van der Waals surface area (Å²) in [4.78, 5) is 14.1. The molecular weight excluding hydrogens is 264 g/mol. The zero-order chi connectivity index (χ0) is 14.8. The van der Waals surface area contributed by atoms with Crippen molar-refractivity contribution in [3.63, 3.8) is 0 Å². The van der Waals surface area contributed by atoms with Gasteiger partial charge >= 0.3 is 6.09 Å². The normalized spacial score (nSPS) is 31.2. The summed E-state index contributed by atoms with van der Waals surface area (Å²) in [7, 11) is 2.04. The van der Waals surface area contributed by atoms with E-state index in [0.717, 1.165) is 18.7 Å². The van der Waals surface area contributed by atoms with Gasteiger partial charge in [0.1, 0.15) is 6.61 Å². The van der Waals surface area contributed by atoms with Gasteiger partial charge in [-0.05, 0) is 36.8 Å². The van der Waals surface area contributed by atoms with E-state index in [1.54, 1.807) is 0 Å². The summed E-state index contributed by atoms with van der Waals surface area (Å²) in [6, 6.07) is 10.4. The van der Waals surface area contributed by atoms with Gasteiger partial charge < -0.3 is 15.0 Å². The van der Waals surface area contributed by atoms with E-state index in [2.05, 4.69) is 12.2 Å². The number of hydrogen-bond donors (Lipinski definition) is 1. The summed E-state index contributed by atoms with van der Waals surface area (Å²) in [5, 5.41) is 3.40. The van der Waals surface area contributed by atoms with E-state index in [1.165, 1.54) is 6.42 Å². The van der Waals surface area contributed by atoms with Crippen LogP contribution in [0.1, 0.15) is 18.9 Å². The first-order valence-electron chi connectivity index (χ1n) is 7.82. The SMILES string of the molecule is CNC1CC2CN(C(=O)OCc3ccccc3)CC2C1C. The van der Waals surface area contributed by atoms with Gasteiger partial charge in [-0.15, -0.1) is 0 Å². The Hall–Kier alpha value is -1.55. The van der Waals surface area contributed by atoms with Crippen LogP contribution in [0.4, 0.5) is 4.79 Å². The predicted octanol–water partition coefficient (Wildman–Crippen LogP) is 2.50. The highest BCUT2D eigenvalue weighted by Crippen LogP contribution is 2.42. The molecule has 0 radical (unpaired) electrons. The van der Waals surface area contributed by atoms with Crippen LogP contribution in [0, 0.1) is 17.8 Å². The Kier molecular flexibility index (Phi) is 4.15. The molecule has 1 aliphatic carbocycles. The molecule has 21 heavy (non-hydrogen) atoms. The van der Waals surface area contributed by atoms with E-state index in [-0.39, 0.29) is 6.09 Å². The van der Waals surface area contributed by atoms with Crippen LogP contribution in [0.25, 0.3) is 0 Å². The van der Waals surface area contributed by atoms with Crippen LogP contribution < -0.4 is 5.32 Å². The van der Waals surface area contributed by atoms with Crippen LogP contribution in [-0.4, -0.2) is 37.2 Å². The largest absolute Gasteiger partial charge is 0.445 e. The lowest BCUT2D eigenvalue weighted by Gasteiger charge is -2.22. The molecule has 0 aromatic heterocycles. The molecule has 1 N–H and O–H groups in total. The number of rotatable bonds is 3. The number of ether oxygens (including phenoxy) is 1. The van der Waals surface area contributed by atoms with Crippen molar-refractivity contribution < 1.29 is 9.53 Å². The van der Waals surface area contributed by atoms with Crippen LogP contribution in [0.2, 0.25) is 0 Å². The molecule has 2 aliphatic rings. The first-order chi connectivity index (χ1) is 10.2. The second-order valence-corrected chi connectivity index (χ2v) is 6.36. The molecule has 4 nitrogen and oxygen atoms in total. The summed E-state index contributed by atoms with van der Waals surface area (Å²) in [5.74, 6) is 1.88. The first kappa shape index (κ1) is 14.4. The summed E-state index contributed by atoms with van der Waals surface area (Å²) in [6.07, 6.45) is 1.01. The van der Waals surface area contributed by atoms with Crippen molar-refractivity contribution in [1.82, 2.24) is 10.2 Å². The van der Waals surface area contributed by atoms with E-state index in [1.807, 2.05) is 42.3 Å². The number of nitrogens with one attached hydrogen (secondary N) is 1. The zero-order valence-electron chi connectivity index (χ0n) is 12.8. The minimum absolute atomic E-state index is 0.165. The lowest BCUT2D eigenvalue weighted by molar-refractivity contribution is 0.100. The van der Waals surface area contributed by atoms with Gasteiger partial charge in [0.15, 0.2) is 0 Å². The number of amides is 1. The van der Waals surface area contributed by atoms with Gasteiger partial charge in [0.05, 0.1) is 0 Å². The lowest BCUT2D eigenvalue weighted by atomic mass is 9.93. The van der Waals surface area contributed by atoms with Gasteiger partial charge in [-0.25, -0.2) is 4.79 Å². The number of carbonyl (C=O) groups is 1. The first-order valence-corrected chi connectivity index (χ1v) is 7.82. The molecule has 1 aromatic rings. The minimum atomic E-state index is -0.165. The van der Waals surface area contributed by atoms with Crippen molar-refractivity contribution in [3.8, 4) is 0 Å². The summed E-state index contributed by atoms with van der Waals surface area (Å²) < 4.78 is 5.44. The highest BCUT2D eigenvalue weighted by atomic mass is 16.6. The Labute approximate surface area is 126 Å². The highest BCUT2D eigenvalue weighted by molar-refractivity contribution is 5.68. The number of carbonyl (C=O) groups excluding carboxylic acids is 1. The Balaban J connectivity index is 1.52. The van der Waals surface area contributed by atoms with Crippen molar-refractivity contribution >= 4 is 6.09 Å². The molecule has 0 spiro atoms. The fourth-order valence-corrected chi connectivity index (χ4v) is 3.92. The molecule has 1 aromatic carbocycles. The maximum Gasteiger partial charge on any atom is 0.410 e. The third-order valence-electron chi connectivity index (χ3n) is 5.19. The Morgan fingerprint density at radius 1 is 1.33 bits per heavy atom. The third-order valence-corrected chi connectivity index (χ3v) is 5.19. The van der Waals surface area contributed by atoms with E-state index < -0.39 is 0 Å². The molecule has 1 heterocycles. The summed E-state index contributed by atoms with van der Waals surface area (Å²) in [5.41, 5.74) is 1.04. The highest BCUT2D eigenvalue weighted by Gasteiger charge is 2.46. The van der Waals surface area contributed by atoms with Crippen molar-refractivity contribution in [2.75, 3.05) is 20.1 Å². The van der Waals surface area contributed by atoms with E-state index in [9.17, 15) is 4.79 Å². The molecule has 114 valence electrons. The second kappa shape index (κ2) is 6.06. The van der Waals surface area contributed by atoms with Gasteiger partial charge in [0, 0.05) is 19.1 Å². The minimum Gasteiger partial charge on any atom is -0.445 e. The Bertz CT molecular complexity index is 491. The van der Waals surface area contributed by atoms with Crippen LogP contribution in [0.15, 0.2) is 30.3 Å². The average Bonchev–Trinajstić information content (AvgIpc) is 3.05. The Morgan fingerprint density at radius 2 is 2.10 bits per heavy atom. The monoisotopic (exact) mass is 288 g/mol. The smallest absolute Gasteiger partial charge is 0.410 e. The topological polar surface area (TPSA) is 41.6 Å². The Morgan fingerprint density at radius 3 is 2.76 bits per heavy atom. The van der Waals surface area contributed by atoms with Gasteiger partial charge in [0.2, 0.25) is 0 Å². The molecule has 1 saturated carbocycles. The average molecular weight is 288 g/mol. The zero-order valence-corrected chi connectivity index (χ0v) is 12.8. The predicted molar refractivity (Wildman–Crippen MR) is 81.8 cm³/mol. The van der Waals surface area contributed by atoms with E-state index in [0.29, 0.717) is 30.4 Å². The van der Waals surface area contributed by atoms with Gasteiger partial charge in [0.25, 0.3) is 0 Å². The fraction of sp³-hybridized carbons (Fsp3) is 0.588. The van der Waals surface area contributed by atoms with Gasteiger partial charge in [-0.3, -0.25) is 0 Å². The van der Waals surface area contributed by atoms with Crippen molar-refractivity contribution in [2.45, 2.75) is 26.0 Å². The lowest BCUT2D eigenvalue weighted by Crippen LogP contribution is -2.35. The number of hydrogen-bond acceptors (Lipinski definition) is 3. The van der Waals surface area contributed by atoms with E-state index in [4.69, 9.17) is 4.74 Å². The van der Waals surface area contributed by atoms with Crippen molar-refractivity contribution in [1.29, 1.82) is 0 Å². The van der Waals surface area contributed by atoms with E-state index >= 15 is 0 Å². The van der Waals surface area contributed by atoms with Crippen LogP contribution >= 0.6 is 0 Å². The van der Waals surface area contributed by atoms with Crippen LogP contribution in [-0.2, 0) is 11.3 Å². The second-order valence-electron chi connectivity index (χ2n) is 6.36. The molecule has 3 rings (SSSR count). The van der Waals surface area contributed by atoms with Crippen molar-refractivity contribution in [2.24, 2.45) is 17.8 Å². The third kappa shape index (κ3) is 2.91. The van der Waals surface area contributed by atoms with Gasteiger partial charge in [-0.1, -0.05) is 37.3 Å². The van der Waals surface area contributed by atoms with Crippen molar-refractivity contribution in [3.05, 3.63) is 35.9 Å². The standard InChI is InChI=1S/C17H24N2O2/c1-12-15-10-19(9-14(15)8-16(12)18-2)17(20)21-11-13-6-4-3-5-7-13/h3-7,12,14-16,18H,8-11H2,1-2H3. The molecule has 4 unspecified atom stereocenters. The molecular formula is C17H24N2O2. The number of nitrogens with zero attached hydrogens (tertiary/aromatic N) is 1. The van der Waals surface area contributed by atoms with Crippen LogP contribution in [0.5, 0.6) is 0 Å². The molecule has 4 atom stereocenters. The molecule has 2 fully saturated rings. The maximum absolute atomic E-state index is 12.2. The molecule has 4 heteroatoms. The molecule has 0 bridgehead atoms. The fourth-order valence-electron chi connectivity index (χ4n) is 3.92. The van der Waals surface area contributed by atoms with Crippen LogP contribution in [0.3, 0.4) is 0 Å². The molecule has 1 aliphatic heterocycles. The molecule has 1 saturated heterocycles. The summed E-state index contributed by atoms with van der Waals surface area (Å²) in [6.45, 7) is 4.35. The quantitative estimate of drug-likeness (QED) is 0.929. The number of benzene rings is 1. The molecule has 1 amide bonds. The van der Waals surface area contributed by atoms with Gasteiger partial charge in [-0.2, -0.15) is 0 Å². The maximum atomic E-state index is 12.2.